The van der Waals surface area contributed by atoms with E-state index in [4.69, 9.17) is 18.7 Å². The molecule has 8 N–H and O–H groups in total. The maximum absolute atomic E-state index is 12.7. The van der Waals surface area contributed by atoms with Crippen LogP contribution in [0.4, 0.5) is 0 Å². The average molecular weight is 670 g/mol. The standard InChI is InChI=1S/C22H28N2O18P2/c25-8-11-14(27)15(28)16(29)21(39-11)41-44(35,36)42-43(33,34)37-9-12-18(40-20(31)10-4-2-1-3-5-10)17(30)19(38-12)24-7-6-13(26)23-22(24)32/h1-7,11-12,14-19,21,25,27-30H,8-9H2,(H,33,34)(H,35,36)(H,23,26,32)/t11-,12-,14-,15+,16-,17-,18-,19-,21-/m1/s1. The molecule has 0 saturated carbocycles. The number of aromatic amines is 1. The number of hydrogen-bond acceptors (Lipinski definition) is 16. The highest BCUT2D eigenvalue weighted by atomic mass is 31.3. The first kappa shape index (κ1) is 34.2. The van der Waals surface area contributed by atoms with E-state index in [0.717, 1.165) is 16.8 Å². The number of nitrogens with zero attached hydrogens (tertiary/aromatic N) is 1. The van der Waals surface area contributed by atoms with E-state index >= 15 is 0 Å². The number of aliphatic hydroxyl groups excluding tert-OH is 5. The first-order chi connectivity index (χ1) is 20.6. The van der Waals surface area contributed by atoms with Crippen molar-refractivity contribution >= 4 is 21.6 Å². The van der Waals surface area contributed by atoms with Gasteiger partial charge in [0, 0.05) is 12.3 Å². The third-order valence-electron chi connectivity index (χ3n) is 6.38. The van der Waals surface area contributed by atoms with E-state index in [1.54, 1.807) is 6.07 Å². The molecule has 1 aromatic heterocycles. The molecule has 2 aliphatic heterocycles. The van der Waals surface area contributed by atoms with Crippen LogP contribution in [0.1, 0.15) is 16.6 Å². The van der Waals surface area contributed by atoms with Gasteiger partial charge in [-0.25, -0.2) is 18.7 Å². The third-order valence-corrected chi connectivity index (χ3v) is 8.98. The molecule has 0 amide bonds. The van der Waals surface area contributed by atoms with E-state index in [1.807, 2.05) is 4.98 Å². The number of ether oxygens (including phenoxy) is 3. The van der Waals surface area contributed by atoms with Gasteiger partial charge < -0.3 is 49.5 Å². The lowest BCUT2D eigenvalue weighted by atomic mass is 10.00. The summed E-state index contributed by atoms with van der Waals surface area (Å²) < 4.78 is 54.9. The Balaban J connectivity index is 1.48. The summed E-state index contributed by atoms with van der Waals surface area (Å²) in [5.74, 6) is -0.978. The number of aromatic nitrogens is 2. The fraction of sp³-hybridized carbons (Fsp3) is 0.500. The van der Waals surface area contributed by atoms with Gasteiger partial charge >= 0.3 is 27.3 Å². The third kappa shape index (κ3) is 7.94. The number of aliphatic hydroxyl groups is 5. The lowest BCUT2D eigenvalue weighted by Crippen LogP contribution is -2.58. The Hall–Kier alpha value is -2.65. The van der Waals surface area contributed by atoms with Gasteiger partial charge in [-0.2, -0.15) is 4.31 Å². The first-order valence-electron chi connectivity index (χ1n) is 12.5. The molecule has 0 aliphatic carbocycles. The summed E-state index contributed by atoms with van der Waals surface area (Å²) in [5.41, 5.74) is -1.77. The monoisotopic (exact) mass is 670 g/mol. The highest BCUT2D eigenvalue weighted by molar-refractivity contribution is 7.61. The van der Waals surface area contributed by atoms with E-state index in [2.05, 4.69) is 8.83 Å². The van der Waals surface area contributed by atoms with E-state index < -0.39 is 101 Å². The zero-order chi connectivity index (χ0) is 32.4. The molecular formula is C22H28N2O18P2. The first-order valence-corrected chi connectivity index (χ1v) is 15.5. The number of benzene rings is 1. The minimum Gasteiger partial charge on any atom is -0.453 e. The van der Waals surface area contributed by atoms with Gasteiger partial charge in [0.1, 0.15) is 36.6 Å². The van der Waals surface area contributed by atoms with Crippen LogP contribution in [-0.2, 0) is 36.7 Å². The van der Waals surface area contributed by atoms with E-state index in [-0.39, 0.29) is 5.56 Å². The van der Waals surface area contributed by atoms with E-state index in [1.165, 1.54) is 24.3 Å². The molecule has 0 bridgehead atoms. The zero-order valence-corrected chi connectivity index (χ0v) is 23.9. The minimum absolute atomic E-state index is 0.0340. The van der Waals surface area contributed by atoms with Gasteiger partial charge in [-0.1, -0.05) is 18.2 Å². The minimum atomic E-state index is -5.68. The number of phosphoric ester groups is 2. The van der Waals surface area contributed by atoms with E-state index in [9.17, 15) is 58.8 Å². The number of carbonyl (C=O) groups is 1. The van der Waals surface area contributed by atoms with Crippen molar-refractivity contribution in [2.75, 3.05) is 13.2 Å². The van der Waals surface area contributed by atoms with Crippen LogP contribution in [-0.4, -0.2) is 113 Å². The van der Waals surface area contributed by atoms with Crippen molar-refractivity contribution in [3.05, 3.63) is 69.0 Å². The number of H-pyrrole nitrogens is 1. The molecule has 22 heteroatoms. The zero-order valence-electron chi connectivity index (χ0n) is 22.1. The Kier molecular flexibility index (Phi) is 10.7. The quantitative estimate of drug-likeness (QED) is 0.0876. The van der Waals surface area contributed by atoms with Gasteiger partial charge in [0.2, 0.25) is 0 Å². The van der Waals surface area contributed by atoms with Crippen LogP contribution in [0.25, 0.3) is 0 Å². The van der Waals surface area contributed by atoms with E-state index in [0.29, 0.717) is 0 Å². The van der Waals surface area contributed by atoms with Gasteiger partial charge in [0.05, 0.1) is 18.8 Å². The Morgan fingerprint density at radius 2 is 1.59 bits per heavy atom. The van der Waals surface area contributed by atoms with Gasteiger partial charge in [-0.3, -0.25) is 23.4 Å². The molecule has 20 nitrogen and oxygen atoms in total. The fourth-order valence-corrected chi connectivity index (χ4v) is 6.41. The molecule has 2 aliphatic rings. The average Bonchev–Trinajstić information content (AvgIpc) is 3.26. The van der Waals surface area contributed by atoms with Crippen LogP contribution in [0.5, 0.6) is 0 Å². The number of nitrogens with one attached hydrogen (secondary N) is 1. The molecule has 11 atom stereocenters. The molecule has 2 saturated heterocycles. The van der Waals surface area contributed by atoms with Crippen LogP contribution in [0.15, 0.2) is 52.2 Å². The highest BCUT2D eigenvalue weighted by Crippen LogP contribution is 2.61. The maximum Gasteiger partial charge on any atom is 0.483 e. The van der Waals surface area contributed by atoms with Crippen molar-refractivity contribution in [2.45, 2.75) is 55.2 Å². The number of esters is 1. The van der Waals surface area contributed by atoms with Crippen molar-refractivity contribution in [2.24, 2.45) is 0 Å². The molecule has 2 unspecified atom stereocenters. The smallest absolute Gasteiger partial charge is 0.453 e. The topological polar surface area (TPSA) is 303 Å². The van der Waals surface area contributed by atoms with Crippen molar-refractivity contribution in [1.29, 1.82) is 0 Å². The maximum atomic E-state index is 12.7. The normalized spacial score (nSPS) is 33.3. The molecule has 244 valence electrons. The number of rotatable bonds is 11. The van der Waals surface area contributed by atoms with Crippen LogP contribution in [0.2, 0.25) is 0 Å². The molecule has 2 aromatic rings. The van der Waals surface area contributed by atoms with Crippen molar-refractivity contribution < 1.29 is 76.8 Å². The Morgan fingerprint density at radius 1 is 0.909 bits per heavy atom. The molecule has 4 rings (SSSR count). The summed E-state index contributed by atoms with van der Waals surface area (Å²) in [6, 6.07) is 8.32. The van der Waals surface area contributed by atoms with Crippen LogP contribution < -0.4 is 11.2 Å². The molecule has 44 heavy (non-hydrogen) atoms. The molecule has 1 aromatic carbocycles. The van der Waals surface area contributed by atoms with Crippen LogP contribution in [0, 0.1) is 0 Å². The summed E-state index contributed by atoms with van der Waals surface area (Å²) in [6.07, 6.45) is -15.6. The Bertz CT molecular complexity index is 1520. The van der Waals surface area contributed by atoms with Crippen LogP contribution in [0.3, 0.4) is 0 Å². The largest absolute Gasteiger partial charge is 0.483 e. The number of carbonyl (C=O) groups excluding carboxylic acids is 1. The summed E-state index contributed by atoms with van der Waals surface area (Å²) in [4.78, 5) is 58.5. The second-order valence-corrected chi connectivity index (χ2v) is 12.4. The Labute approximate surface area is 245 Å². The lowest BCUT2D eigenvalue weighted by Gasteiger charge is -2.39. The highest BCUT2D eigenvalue weighted by Gasteiger charge is 2.51. The number of hydrogen-bond donors (Lipinski definition) is 8. The predicted octanol–water partition coefficient (Wildman–Crippen LogP) is -2.93. The second-order valence-electron chi connectivity index (χ2n) is 9.43. The van der Waals surface area contributed by atoms with Crippen LogP contribution >= 0.6 is 15.6 Å². The number of phosphoric acid groups is 2. The van der Waals surface area contributed by atoms with Gasteiger partial charge in [-0.05, 0) is 12.1 Å². The SMILES string of the molecule is O=C(O[C@H]1[C@@H](O)[C@H](n2ccc(=O)[nH]c2=O)O[C@@H]1COP(=O)(O)OP(=O)(O)O[C@H]1O[C@H](CO)[C@@H](O)[C@H](O)[C@H]1O)c1ccccc1. The van der Waals surface area contributed by atoms with Gasteiger partial charge in [-0.15, -0.1) is 0 Å². The molecule has 0 radical (unpaired) electrons. The van der Waals surface area contributed by atoms with Gasteiger partial charge in [0.25, 0.3) is 5.56 Å². The summed E-state index contributed by atoms with van der Waals surface area (Å²) in [5, 5.41) is 49.7. The van der Waals surface area contributed by atoms with Gasteiger partial charge in [0.15, 0.2) is 18.6 Å². The molecule has 2 fully saturated rings. The van der Waals surface area contributed by atoms with Crippen molar-refractivity contribution in [1.82, 2.24) is 9.55 Å². The fourth-order valence-electron chi connectivity index (χ4n) is 4.25. The summed E-state index contributed by atoms with van der Waals surface area (Å²) in [6.45, 7) is -2.00. The predicted molar refractivity (Wildman–Crippen MR) is 138 cm³/mol. The summed E-state index contributed by atoms with van der Waals surface area (Å²) in [7, 11) is -11.3. The molecular weight excluding hydrogens is 642 g/mol. The van der Waals surface area contributed by atoms with Crippen molar-refractivity contribution in [3.63, 3.8) is 0 Å². The lowest BCUT2D eigenvalue weighted by molar-refractivity contribution is -0.280. The second kappa shape index (κ2) is 13.8. The van der Waals surface area contributed by atoms with Crippen molar-refractivity contribution in [3.8, 4) is 0 Å². The summed E-state index contributed by atoms with van der Waals surface area (Å²) >= 11 is 0. The Morgan fingerprint density at radius 3 is 2.23 bits per heavy atom. The molecule has 3 heterocycles. The molecule has 0 spiro atoms.